The predicted molar refractivity (Wildman–Crippen MR) is 107 cm³/mol. The molecule has 0 aromatic heterocycles. The summed E-state index contributed by atoms with van der Waals surface area (Å²) in [6, 6.07) is 8.08. The number of sulfone groups is 1. The van der Waals surface area contributed by atoms with Crippen LogP contribution in [0.25, 0.3) is 0 Å². The second kappa shape index (κ2) is 10.4. The first-order valence-electron chi connectivity index (χ1n) is 6.73. The van der Waals surface area contributed by atoms with Crippen molar-refractivity contribution in [2.45, 2.75) is 13.5 Å². The summed E-state index contributed by atoms with van der Waals surface area (Å²) in [5.74, 6) is 0.776. The van der Waals surface area contributed by atoms with Gasteiger partial charge in [0.05, 0.1) is 12.3 Å². The lowest BCUT2D eigenvalue weighted by Gasteiger charge is -2.22. The summed E-state index contributed by atoms with van der Waals surface area (Å²) in [7, 11) is -1.05. The van der Waals surface area contributed by atoms with E-state index in [0.717, 1.165) is 16.6 Å². The molecule has 0 unspecified atom stereocenters. The van der Waals surface area contributed by atoms with Gasteiger partial charge >= 0.3 is 0 Å². The number of hydrogen-bond donors (Lipinski definition) is 1. The Bertz CT molecular complexity index is 576. The molecule has 0 aliphatic rings. The van der Waals surface area contributed by atoms with Crippen molar-refractivity contribution in [3.63, 3.8) is 0 Å². The van der Waals surface area contributed by atoms with Gasteiger partial charge in [-0.1, -0.05) is 28.1 Å². The van der Waals surface area contributed by atoms with Crippen molar-refractivity contribution in [3.05, 3.63) is 34.3 Å². The highest BCUT2D eigenvalue weighted by atomic mass is 127. The van der Waals surface area contributed by atoms with Crippen LogP contribution in [0, 0.1) is 0 Å². The van der Waals surface area contributed by atoms with Gasteiger partial charge in [-0.15, -0.1) is 24.0 Å². The molecule has 1 aromatic rings. The number of benzene rings is 1. The molecule has 1 aromatic carbocycles. The molecule has 8 heteroatoms. The molecule has 0 heterocycles. The van der Waals surface area contributed by atoms with E-state index in [1.807, 2.05) is 43.1 Å². The van der Waals surface area contributed by atoms with E-state index in [9.17, 15) is 8.42 Å². The van der Waals surface area contributed by atoms with Gasteiger partial charge in [0, 0.05) is 30.9 Å². The van der Waals surface area contributed by atoms with Gasteiger partial charge in [-0.3, -0.25) is 4.99 Å². The van der Waals surface area contributed by atoms with Gasteiger partial charge in [0.1, 0.15) is 9.84 Å². The molecule has 0 aliphatic heterocycles. The quantitative estimate of drug-likeness (QED) is 0.368. The lowest BCUT2D eigenvalue weighted by atomic mass is 10.2. The maximum absolute atomic E-state index is 11.2. The normalized spacial score (nSPS) is 11.7. The molecular weight excluding hydrogens is 481 g/mol. The topological polar surface area (TPSA) is 61.8 Å². The Morgan fingerprint density at radius 1 is 1.32 bits per heavy atom. The van der Waals surface area contributed by atoms with Gasteiger partial charge in [0.15, 0.2) is 5.96 Å². The van der Waals surface area contributed by atoms with E-state index in [0.29, 0.717) is 12.5 Å². The fourth-order valence-electron chi connectivity index (χ4n) is 1.73. The van der Waals surface area contributed by atoms with E-state index in [2.05, 4.69) is 26.2 Å². The SMILES string of the molecule is CCNC(=NCCS(C)(=O)=O)N(C)Cc1ccc(Br)cc1.I. The number of nitrogens with one attached hydrogen (secondary N) is 1. The van der Waals surface area contributed by atoms with Gasteiger partial charge in [-0.2, -0.15) is 0 Å². The smallest absolute Gasteiger partial charge is 0.193 e. The minimum Gasteiger partial charge on any atom is -0.357 e. The van der Waals surface area contributed by atoms with Crippen LogP contribution in [0.1, 0.15) is 12.5 Å². The summed E-state index contributed by atoms with van der Waals surface area (Å²) in [5.41, 5.74) is 1.16. The number of halogens is 2. The Kier molecular flexibility index (Phi) is 10.3. The molecular formula is C14H23BrIN3O2S. The van der Waals surface area contributed by atoms with Gasteiger partial charge in [0.2, 0.25) is 0 Å². The van der Waals surface area contributed by atoms with Gasteiger partial charge < -0.3 is 10.2 Å². The maximum atomic E-state index is 11.2. The van der Waals surface area contributed by atoms with Crippen LogP contribution in [-0.2, 0) is 16.4 Å². The second-order valence-corrected chi connectivity index (χ2v) is 8.02. The maximum Gasteiger partial charge on any atom is 0.193 e. The fraction of sp³-hybridized carbons (Fsp3) is 0.500. The van der Waals surface area contributed by atoms with Crippen LogP contribution in [-0.4, -0.2) is 51.4 Å². The molecule has 0 saturated carbocycles. The molecule has 126 valence electrons. The van der Waals surface area contributed by atoms with Crippen LogP contribution in [0.3, 0.4) is 0 Å². The highest BCUT2D eigenvalue weighted by Gasteiger charge is 2.07. The van der Waals surface area contributed by atoms with E-state index in [-0.39, 0.29) is 36.3 Å². The molecule has 5 nitrogen and oxygen atoms in total. The van der Waals surface area contributed by atoms with Crippen LogP contribution in [0.2, 0.25) is 0 Å². The van der Waals surface area contributed by atoms with Gasteiger partial charge in [0.25, 0.3) is 0 Å². The van der Waals surface area contributed by atoms with E-state index >= 15 is 0 Å². The largest absolute Gasteiger partial charge is 0.357 e. The van der Waals surface area contributed by atoms with Crippen LogP contribution in [0.4, 0.5) is 0 Å². The minimum absolute atomic E-state index is 0. The van der Waals surface area contributed by atoms with Crippen molar-refractivity contribution < 1.29 is 8.42 Å². The lowest BCUT2D eigenvalue weighted by Crippen LogP contribution is -2.38. The second-order valence-electron chi connectivity index (χ2n) is 4.85. The summed E-state index contributed by atoms with van der Waals surface area (Å²) in [6.45, 7) is 3.70. The van der Waals surface area contributed by atoms with E-state index < -0.39 is 9.84 Å². The summed E-state index contributed by atoms with van der Waals surface area (Å²) in [6.07, 6.45) is 1.22. The first kappa shape index (κ1) is 21.6. The van der Waals surface area contributed by atoms with Gasteiger partial charge in [-0.25, -0.2) is 8.42 Å². The lowest BCUT2D eigenvalue weighted by molar-refractivity contribution is 0.477. The average Bonchev–Trinajstić information content (AvgIpc) is 2.39. The van der Waals surface area contributed by atoms with Crippen molar-refractivity contribution in [2.75, 3.05) is 32.1 Å². The molecule has 1 rings (SSSR count). The fourth-order valence-corrected chi connectivity index (χ4v) is 2.41. The monoisotopic (exact) mass is 503 g/mol. The summed E-state index contributed by atoms with van der Waals surface area (Å²) >= 11 is 3.41. The third-order valence-electron chi connectivity index (χ3n) is 2.75. The molecule has 0 atom stereocenters. The van der Waals surface area contributed by atoms with E-state index in [1.165, 1.54) is 6.26 Å². The number of hydrogen-bond acceptors (Lipinski definition) is 3. The van der Waals surface area contributed by atoms with Gasteiger partial charge in [-0.05, 0) is 24.6 Å². The minimum atomic E-state index is -2.98. The Morgan fingerprint density at radius 2 is 1.91 bits per heavy atom. The van der Waals surface area contributed by atoms with E-state index in [4.69, 9.17) is 0 Å². The van der Waals surface area contributed by atoms with Crippen LogP contribution >= 0.6 is 39.9 Å². The molecule has 0 spiro atoms. The first-order chi connectivity index (χ1) is 9.81. The van der Waals surface area contributed by atoms with Crippen molar-refractivity contribution in [1.82, 2.24) is 10.2 Å². The van der Waals surface area contributed by atoms with Crippen LogP contribution in [0.5, 0.6) is 0 Å². The zero-order chi connectivity index (χ0) is 15.9. The van der Waals surface area contributed by atoms with Crippen LogP contribution < -0.4 is 5.32 Å². The molecule has 0 saturated heterocycles. The van der Waals surface area contributed by atoms with Crippen molar-refractivity contribution in [3.8, 4) is 0 Å². The number of guanidine groups is 1. The van der Waals surface area contributed by atoms with Crippen LogP contribution in [0.15, 0.2) is 33.7 Å². The first-order valence-corrected chi connectivity index (χ1v) is 9.59. The summed E-state index contributed by atoms with van der Waals surface area (Å²) in [5, 5.41) is 3.17. The molecule has 0 fully saturated rings. The standard InChI is InChI=1S/C14H22BrN3O2S.HI/c1-4-16-14(17-9-10-21(3,19)20)18(2)11-12-5-7-13(15)8-6-12;/h5-8H,4,9-11H2,1-3H3,(H,16,17);1H. The zero-order valence-electron chi connectivity index (χ0n) is 13.0. The molecule has 22 heavy (non-hydrogen) atoms. The Labute approximate surface area is 158 Å². The van der Waals surface area contributed by atoms with Crippen molar-refractivity contribution in [1.29, 1.82) is 0 Å². The summed E-state index contributed by atoms with van der Waals surface area (Å²) in [4.78, 5) is 6.34. The summed E-state index contributed by atoms with van der Waals surface area (Å²) < 4.78 is 23.4. The molecule has 0 amide bonds. The number of nitrogens with zero attached hydrogens (tertiary/aromatic N) is 2. The van der Waals surface area contributed by atoms with Crippen molar-refractivity contribution in [2.24, 2.45) is 4.99 Å². The third-order valence-corrected chi connectivity index (χ3v) is 4.21. The number of aliphatic imine (C=N–C) groups is 1. The highest BCUT2D eigenvalue weighted by molar-refractivity contribution is 14.0. The Balaban J connectivity index is 0.00000441. The van der Waals surface area contributed by atoms with E-state index in [1.54, 1.807) is 0 Å². The third kappa shape index (κ3) is 8.94. The average molecular weight is 504 g/mol. The molecule has 0 radical (unpaired) electrons. The predicted octanol–water partition coefficient (Wildman–Crippen LogP) is 2.51. The highest BCUT2D eigenvalue weighted by Crippen LogP contribution is 2.11. The Morgan fingerprint density at radius 3 is 2.41 bits per heavy atom. The Hall–Kier alpha value is -0.350. The van der Waals surface area contributed by atoms with Crippen molar-refractivity contribution >= 4 is 55.7 Å². The zero-order valence-corrected chi connectivity index (χ0v) is 17.8. The molecule has 0 aliphatic carbocycles. The number of rotatable bonds is 6. The molecule has 0 bridgehead atoms. The molecule has 1 N–H and O–H groups in total.